The van der Waals surface area contributed by atoms with E-state index in [2.05, 4.69) is 20.3 Å². The number of aliphatic hydroxyl groups is 1. The van der Waals surface area contributed by atoms with Crippen LogP contribution in [0.4, 0.5) is 0 Å². The number of aromatic nitrogens is 4. The number of hydrogen-bond acceptors (Lipinski definition) is 7. The first-order valence-corrected chi connectivity index (χ1v) is 8.87. The third-order valence-corrected chi connectivity index (χ3v) is 5.14. The molecule has 1 amide bonds. The van der Waals surface area contributed by atoms with Gasteiger partial charge in [-0.25, -0.2) is 4.63 Å². The highest BCUT2D eigenvalue weighted by Crippen LogP contribution is 2.19. The monoisotopic (exact) mass is 370 g/mol. The van der Waals surface area contributed by atoms with Gasteiger partial charge in [-0.2, -0.15) is 5.10 Å². The van der Waals surface area contributed by atoms with Crippen molar-refractivity contribution in [1.82, 2.24) is 29.9 Å². The smallest absolute Gasteiger partial charge is 0.244 e. The second-order valence-corrected chi connectivity index (χ2v) is 7.07. The number of benzene rings is 1. The van der Waals surface area contributed by atoms with E-state index in [9.17, 15) is 9.90 Å². The van der Waals surface area contributed by atoms with Gasteiger partial charge in [-0.3, -0.25) is 14.4 Å². The molecule has 0 radical (unpaired) electrons. The second-order valence-electron chi connectivity index (χ2n) is 7.07. The highest BCUT2D eigenvalue weighted by Gasteiger charge is 2.36. The van der Waals surface area contributed by atoms with Crippen molar-refractivity contribution in [3.63, 3.8) is 0 Å². The van der Waals surface area contributed by atoms with Crippen LogP contribution in [0.2, 0.25) is 0 Å². The standard InChI is InChI=1S/C18H22N6O3/c1-12-5-6-19-24(12)11-18(26)23-9-16(17(25)10-23)22(2)8-13-3-4-14-15(7-13)21-27-20-14/h3-7,16-17,25H,8-11H2,1-2H3/t16-,17-/m0/s1. The van der Waals surface area contributed by atoms with Crippen LogP contribution in [0, 0.1) is 6.92 Å². The maximum absolute atomic E-state index is 12.6. The maximum atomic E-state index is 12.6. The summed E-state index contributed by atoms with van der Waals surface area (Å²) >= 11 is 0. The normalized spacial score (nSPS) is 20.1. The quantitative estimate of drug-likeness (QED) is 0.695. The fourth-order valence-corrected chi connectivity index (χ4v) is 3.53. The predicted octanol–water partition coefficient (Wildman–Crippen LogP) is 0.431. The topological polar surface area (TPSA) is 101 Å². The minimum atomic E-state index is -0.588. The van der Waals surface area contributed by atoms with Crippen LogP contribution >= 0.6 is 0 Å². The summed E-state index contributed by atoms with van der Waals surface area (Å²) < 4.78 is 6.40. The van der Waals surface area contributed by atoms with E-state index >= 15 is 0 Å². The molecule has 142 valence electrons. The lowest BCUT2D eigenvalue weighted by Crippen LogP contribution is -2.40. The molecule has 1 fully saturated rings. The van der Waals surface area contributed by atoms with Crippen molar-refractivity contribution in [2.75, 3.05) is 20.1 Å². The Bertz CT molecular complexity index is 951. The average Bonchev–Trinajstić information content (AvgIpc) is 3.35. The molecule has 9 nitrogen and oxygen atoms in total. The van der Waals surface area contributed by atoms with Gasteiger partial charge in [0.25, 0.3) is 0 Å². The summed E-state index contributed by atoms with van der Waals surface area (Å²) in [6, 6.07) is 7.49. The number of rotatable bonds is 5. The molecule has 1 saturated heterocycles. The van der Waals surface area contributed by atoms with Crippen molar-refractivity contribution in [2.45, 2.75) is 32.2 Å². The van der Waals surface area contributed by atoms with Gasteiger partial charge < -0.3 is 10.0 Å². The molecule has 4 rings (SSSR count). The van der Waals surface area contributed by atoms with Crippen molar-refractivity contribution in [2.24, 2.45) is 0 Å². The van der Waals surface area contributed by atoms with E-state index in [4.69, 9.17) is 4.63 Å². The van der Waals surface area contributed by atoms with Crippen LogP contribution in [0.25, 0.3) is 11.0 Å². The molecule has 0 aliphatic carbocycles. The molecule has 0 saturated carbocycles. The van der Waals surface area contributed by atoms with Crippen molar-refractivity contribution < 1.29 is 14.5 Å². The molecule has 2 aromatic heterocycles. The van der Waals surface area contributed by atoms with Gasteiger partial charge in [0.05, 0.1) is 12.1 Å². The van der Waals surface area contributed by atoms with Crippen LogP contribution < -0.4 is 0 Å². The van der Waals surface area contributed by atoms with E-state index in [-0.39, 0.29) is 18.5 Å². The average molecular weight is 370 g/mol. The van der Waals surface area contributed by atoms with Crippen molar-refractivity contribution in [1.29, 1.82) is 0 Å². The number of carbonyl (C=O) groups is 1. The Hall–Kier alpha value is -2.78. The van der Waals surface area contributed by atoms with Crippen LogP contribution in [-0.4, -0.2) is 73.2 Å². The van der Waals surface area contributed by atoms with E-state index in [1.165, 1.54) is 0 Å². The minimum absolute atomic E-state index is 0.0353. The summed E-state index contributed by atoms with van der Waals surface area (Å²) in [6.45, 7) is 3.56. The molecule has 9 heteroatoms. The number of fused-ring (bicyclic) bond motifs is 1. The third-order valence-electron chi connectivity index (χ3n) is 5.14. The summed E-state index contributed by atoms with van der Waals surface area (Å²) in [4.78, 5) is 16.3. The number of hydrogen-bond donors (Lipinski definition) is 1. The third kappa shape index (κ3) is 3.56. The van der Waals surface area contributed by atoms with Crippen molar-refractivity contribution >= 4 is 16.9 Å². The zero-order valence-electron chi connectivity index (χ0n) is 15.3. The number of aryl methyl sites for hydroxylation is 1. The van der Waals surface area contributed by atoms with Gasteiger partial charge in [0.1, 0.15) is 17.6 Å². The van der Waals surface area contributed by atoms with Crippen LogP contribution in [0.5, 0.6) is 0 Å². The van der Waals surface area contributed by atoms with Crippen molar-refractivity contribution in [3.05, 3.63) is 41.7 Å². The van der Waals surface area contributed by atoms with Crippen LogP contribution in [0.1, 0.15) is 11.3 Å². The number of β-amino-alcohol motifs (C(OH)–C–C–N with tert-alkyl or cyclic N) is 1. The summed E-state index contributed by atoms with van der Waals surface area (Å²) in [5.41, 5.74) is 3.41. The van der Waals surface area contributed by atoms with E-state index in [1.807, 2.05) is 38.2 Å². The second kappa shape index (κ2) is 7.09. The molecule has 3 heterocycles. The molecule has 0 spiro atoms. The number of likely N-dealkylation sites (tertiary alicyclic amines) is 1. The molecule has 0 unspecified atom stereocenters. The van der Waals surface area contributed by atoms with Gasteiger partial charge in [-0.15, -0.1) is 0 Å². The summed E-state index contributed by atoms with van der Waals surface area (Å²) in [7, 11) is 1.95. The lowest BCUT2D eigenvalue weighted by atomic mass is 10.1. The van der Waals surface area contributed by atoms with Crippen LogP contribution in [-0.2, 0) is 17.9 Å². The zero-order valence-corrected chi connectivity index (χ0v) is 15.3. The van der Waals surface area contributed by atoms with Gasteiger partial charge in [0.2, 0.25) is 5.91 Å². The Morgan fingerprint density at radius 3 is 2.89 bits per heavy atom. The Balaban J connectivity index is 1.39. The van der Waals surface area contributed by atoms with Gasteiger partial charge >= 0.3 is 0 Å². The Kier molecular flexibility index (Phi) is 4.63. The fourth-order valence-electron chi connectivity index (χ4n) is 3.53. The molecule has 2 atom stereocenters. The van der Waals surface area contributed by atoms with Gasteiger partial charge in [-0.05, 0) is 48.0 Å². The number of carbonyl (C=O) groups excluding carboxylic acids is 1. The molecule has 3 aromatic rings. The first-order valence-electron chi connectivity index (χ1n) is 8.87. The van der Waals surface area contributed by atoms with E-state index < -0.39 is 6.10 Å². The van der Waals surface area contributed by atoms with E-state index in [1.54, 1.807) is 15.8 Å². The molecular weight excluding hydrogens is 348 g/mol. The number of nitrogens with zero attached hydrogens (tertiary/aromatic N) is 6. The largest absolute Gasteiger partial charge is 0.390 e. The number of likely N-dealkylation sites (N-methyl/N-ethyl adjacent to an activating group) is 1. The SMILES string of the molecule is Cc1ccnn1CC(=O)N1C[C@H](O)[C@@H](N(C)Cc2ccc3nonc3c2)C1. The van der Waals surface area contributed by atoms with Gasteiger partial charge in [-0.1, -0.05) is 6.07 Å². The lowest BCUT2D eigenvalue weighted by molar-refractivity contribution is -0.131. The summed E-state index contributed by atoms with van der Waals surface area (Å²) in [6.07, 6.45) is 1.09. The van der Waals surface area contributed by atoms with E-state index in [0.29, 0.717) is 30.7 Å². The number of amides is 1. The molecule has 1 aliphatic rings. The Morgan fingerprint density at radius 2 is 2.11 bits per heavy atom. The number of aliphatic hydroxyl groups excluding tert-OH is 1. The van der Waals surface area contributed by atoms with Crippen molar-refractivity contribution in [3.8, 4) is 0 Å². The van der Waals surface area contributed by atoms with Crippen LogP contribution in [0.15, 0.2) is 35.1 Å². The summed E-state index contributed by atoms with van der Waals surface area (Å²) in [5, 5.41) is 22.3. The molecular formula is C18H22N6O3. The van der Waals surface area contributed by atoms with Gasteiger partial charge in [0, 0.05) is 31.5 Å². The molecule has 27 heavy (non-hydrogen) atoms. The molecule has 1 N–H and O–H groups in total. The predicted molar refractivity (Wildman–Crippen MR) is 96.6 cm³/mol. The van der Waals surface area contributed by atoms with E-state index in [0.717, 1.165) is 11.3 Å². The Labute approximate surface area is 156 Å². The zero-order chi connectivity index (χ0) is 19.0. The fraction of sp³-hybridized carbons (Fsp3) is 0.444. The first kappa shape index (κ1) is 17.6. The van der Waals surface area contributed by atoms with Crippen LogP contribution in [0.3, 0.4) is 0 Å². The molecule has 1 aromatic carbocycles. The lowest BCUT2D eigenvalue weighted by Gasteiger charge is -2.26. The summed E-state index contributed by atoms with van der Waals surface area (Å²) in [5.74, 6) is -0.0353. The minimum Gasteiger partial charge on any atom is -0.390 e. The highest BCUT2D eigenvalue weighted by molar-refractivity contribution is 5.76. The Morgan fingerprint density at radius 1 is 1.30 bits per heavy atom. The maximum Gasteiger partial charge on any atom is 0.244 e. The highest BCUT2D eigenvalue weighted by atomic mass is 16.6. The molecule has 0 bridgehead atoms. The molecule has 1 aliphatic heterocycles. The first-order chi connectivity index (χ1) is 13.0. The van der Waals surface area contributed by atoms with Gasteiger partial charge in [0.15, 0.2) is 0 Å².